The number of ether oxygens (including phenoxy) is 2. The third-order valence-electron chi connectivity index (χ3n) is 6.11. The first-order valence-electron chi connectivity index (χ1n) is 13.7. The molecule has 196 valence electrons. The molecule has 2 aromatic carbocycles. The van der Waals surface area contributed by atoms with Crippen LogP contribution in [0.2, 0.25) is 0 Å². The van der Waals surface area contributed by atoms with E-state index in [2.05, 4.69) is 13.8 Å². The zero-order valence-corrected chi connectivity index (χ0v) is 22.7. The van der Waals surface area contributed by atoms with Gasteiger partial charge in [-0.25, -0.2) is 0 Å². The largest absolute Gasteiger partial charge is 0.504 e. The first-order valence-corrected chi connectivity index (χ1v) is 14.5. The third kappa shape index (κ3) is 12.5. The van der Waals surface area contributed by atoms with Gasteiger partial charge in [0.15, 0.2) is 23.0 Å². The number of phenolic OH excluding ortho intramolecular Hbond substituents is 2. The smallest absolute Gasteiger partial charge is 0.162 e. The molecule has 2 aromatic rings. The Balaban J connectivity index is 1.78. The van der Waals surface area contributed by atoms with Crippen molar-refractivity contribution in [2.75, 3.05) is 13.2 Å². The third-order valence-corrected chi connectivity index (χ3v) is 7.09. The van der Waals surface area contributed by atoms with Crippen LogP contribution in [-0.4, -0.2) is 23.4 Å². The van der Waals surface area contributed by atoms with E-state index in [1.54, 1.807) is 23.9 Å². The highest BCUT2D eigenvalue weighted by molar-refractivity contribution is 7.99. The van der Waals surface area contributed by atoms with Gasteiger partial charge in [0.25, 0.3) is 0 Å². The lowest BCUT2D eigenvalue weighted by atomic mass is 10.1. The summed E-state index contributed by atoms with van der Waals surface area (Å²) in [4.78, 5) is 1.95. The van der Waals surface area contributed by atoms with Gasteiger partial charge >= 0.3 is 0 Å². The van der Waals surface area contributed by atoms with Crippen LogP contribution in [0, 0.1) is 0 Å². The van der Waals surface area contributed by atoms with E-state index >= 15 is 0 Å². The highest BCUT2D eigenvalue weighted by Gasteiger charge is 2.09. The summed E-state index contributed by atoms with van der Waals surface area (Å²) in [6.07, 6.45) is 17.2. The van der Waals surface area contributed by atoms with Crippen LogP contribution in [0.3, 0.4) is 0 Å². The molecule has 0 unspecified atom stereocenters. The second-order valence-electron chi connectivity index (χ2n) is 9.30. The van der Waals surface area contributed by atoms with Gasteiger partial charge in [-0.2, -0.15) is 0 Å². The lowest BCUT2D eigenvalue weighted by Gasteiger charge is -2.12. The molecule has 35 heavy (non-hydrogen) atoms. The van der Waals surface area contributed by atoms with Crippen LogP contribution in [-0.2, 0) is 0 Å². The van der Waals surface area contributed by atoms with Gasteiger partial charge in [-0.1, -0.05) is 103 Å². The Labute approximate surface area is 217 Å². The lowest BCUT2D eigenvalue weighted by Crippen LogP contribution is -1.98. The molecule has 2 N–H and O–H groups in total. The van der Waals surface area contributed by atoms with Crippen molar-refractivity contribution in [3.05, 3.63) is 36.4 Å². The van der Waals surface area contributed by atoms with Crippen LogP contribution in [0.4, 0.5) is 0 Å². The summed E-state index contributed by atoms with van der Waals surface area (Å²) in [6, 6.07) is 10.9. The predicted octanol–water partition coefficient (Wildman–Crippen LogP) is 9.51. The average Bonchev–Trinajstić information content (AvgIpc) is 2.86. The first kappa shape index (κ1) is 29.2. The molecule has 0 atom stereocenters. The molecule has 0 amide bonds. The lowest BCUT2D eigenvalue weighted by molar-refractivity contribution is 0.288. The van der Waals surface area contributed by atoms with Crippen LogP contribution in [0.1, 0.15) is 104 Å². The molecule has 0 bridgehead atoms. The van der Waals surface area contributed by atoms with E-state index < -0.39 is 0 Å². The van der Waals surface area contributed by atoms with Crippen LogP contribution >= 0.6 is 11.8 Å². The van der Waals surface area contributed by atoms with Crippen LogP contribution in [0.15, 0.2) is 46.2 Å². The summed E-state index contributed by atoms with van der Waals surface area (Å²) in [5, 5.41) is 20.4. The monoisotopic (exact) mass is 502 g/mol. The Morgan fingerprint density at radius 3 is 1.31 bits per heavy atom. The molecule has 0 aliphatic rings. The van der Waals surface area contributed by atoms with Crippen molar-refractivity contribution in [1.29, 1.82) is 0 Å². The normalized spacial score (nSPS) is 11.0. The molecule has 4 nitrogen and oxygen atoms in total. The van der Waals surface area contributed by atoms with Gasteiger partial charge in [0.05, 0.1) is 13.2 Å². The van der Waals surface area contributed by atoms with Crippen LogP contribution in [0.25, 0.3) is 0 Å². The first-order chi connectivity index (χ1) is 17.1. The molecule has 0 fully saturated rings. The molecular formula is C30H46O4S. The highest BCUT2D eigenvalue weighted by atomic mass is 32.2. The molecule has 0 saturated carbocycles. The fourth-order valence-electron chi connectivity index (χ4n) is 3.97. The van der Waals surface area contributed by atoms with E-state index in [0.29, 0.717) is 24.7 Å². The topological polar surface area (TPSA) is 58.9 Å². The van der Waals surface area contributed by atoms with Gasteiger partial charge in [-0.15, -0.1) is 0 Å². The van der Waals surface area contributed by atoms with Crippen molar-refractivity contribution in [3.63, 3.8) is 0 Å². The minimum atomic E-state index is 0.168. The molecule has 0 aromatic heterocycles. The minimum absolute atomic E-state index is 0.168. The molecular weight excluding hydrogens is 456 g/mol. The van der Waals surface area contributed by atoms with E-state index in [0.717, 1.165) is 35.5 Å². The number of phenols is 2. The number of benzene rings is 2. The van der Waals surface area contributed by atoms with E-state index in [-0.39, 0.29) is 11.5 Å². The Kier molecular flexibility index (Phi) is 15.3. The van der Waals surface area contributed by atoms with E-state index in [9.17, 15) is 10.2 Å². The molecule has 0 spiro atoms. The van der Waals surface area contributed by atoms with Crippen LogP contribution < -0.4 is 9.47 Å². The maximum absolute atomic E-state index is 10.2. The van der Waals surface area contributed by atoms with E-state index in [1.807, 2.05) is 24.3 Å². The Hall–Kier alpha value is -2.01. The quantitative estimate of drug-likeness (QED) is 0.177. The molecule has 0 saturated heterocycles. The zero-order valence-electron chi connectivity index (χ0n) is 21.9. The van der Waals surface area contributed by atoms with Crippen molar-refractivity contribution in [1.82, 2.24) is 0 Å². The van der Waals surface area contributed by atoms with Gasteiger partial charge in [0.1, 0.15) is 0 Å². The van der Waals surface area contributed by atoms with E-state index in [4.69, 9.17) is 9.47 Å². The molecule has 0 heterocycles. The standard InChI is InChI=1S/C30H46O4S/c1-3-5-7-9-11-13-15-21-33-29-23-25(17-19-27(29)31)35-26-18-20-28(32)30(24-26)34-22-16-14-12-10-8-6-4-2/h17-20,23-24,31-32H,3-16,21-22H2,1-2H3. The molecule has 5 heteroatoms. The van der Waals surface area contributed by atoms with Gasteiger partial charge < -0.3 is 19.7 Å². The summed E-state index contributed by atoms with van der Waals surface area (Å²) in [5.74, 6) is 1.38. The number of hydrogen-bond acceptors (Lipinski definition) is 5. The van der Waals surface area contributed by atoms with Crippen molar-refractivity contribution in [2.45, 2.75) is 114 Å². The number of unbranched alkanes of at least 4 members (excludes halogenated alkanes) is 12. The second kappa shape index (κ2) is 18.3. The van der Waals surface area contributed by atoms with Crippen LogP contribution in [0.5, 0.6) is 23.0 Å². The Morgan fingerprint density at radius 2 is 0.914 bits per heavy atom. The maximum atomic E-state index is 10.2. The van der Waals surface area contributed by atoms with Crippen molar-refractivity contribution in [3.8, 4) is 23.0 Å². The van der Waals surface area contributed by atoms with Crippen molar-refractivity contribution >= 4 is 11.8 Å². The van der Waals surface area contributed by atoms with Gasteiger partial charge in [-0.3, -0.25) is 0 Å². The Bertz CT molecular complexity index is 756. The number of hydrogen-bond donors (Lipinski definition) is 2. The molecule has 0 aliphatic heterocycles. The molecule has 2 rings (SSSR count). The molecule has 0 radical (unpaired) electrons. The summed E-state index contributed by atoms with van der Waals surface area (Å²) < 4.78 is 11.7. The zero-order chi connectivity index (χ0) is 25.1. The summed E-state index contributed by atoms with van der Waals surface area (Å²) in [6.45, 7) is 5.70. The summed E-state index contributed by atoms with van der Waals surface area (Å²) in [5.41, 5.74) is 0. The second-order valence-corrected chi connectivity index (χ2v) is 10.4. The van der Waals surface area contributed by atoms with E-state index in [1.165, 1.54) is 64.2 Å². The molecule has 0 aliphatic carbocycles. The summed E-state index contributed by atoms with van der Waals surface area (Å²) >= 11 is 1.56. The maximum Gasteiger partial charge on any atom is 0.162 e. The predicted molar refractivity (Wildman–Crippen MR) is 147 cm³/mol. The van der Waals surface area contributed by atoms with Gasteiger partial charge in [0.2, 0.25) is 0 Å². The number of aromatic hydroxyl groups is 2. The van der Waals surface area contributed by atoms with Gasteiger partial charge in [0, 0.05) is 9.79 Å². The highest BCUT2D eigenvalue weighted by Crippen LogP contribution is 2.38. The minimum Gasteiger partial charge on any atom is -0.504 e. The fourth-order valence-corrected chi connectivity index (χ4v) is 4.84. The fraction of sp³-hybridized carbons (Fsp3) is 0.600. The Morgan fingerprint density at radius 1 is 0.543 bits per heavy atom. The number of rotatable bonds is 20. The summed E-state index contributed by atoms with van der Waals surface area (Å²) in [7, 11) is 0. The van der Waals surface area contributed by atoms with Crippen molar-refractivity contribution in [2.24, 2.45) is 0 Å². The SMILES string of the molecule is CCCCCCCCCOc1cc(Sc2ccc(O)c(OCCCCCCCCC)c2)ccc1O. The average molecular weight is 503 g/mol. The van der Waals surface area contributed by atoms with Gasteiger partial charge in [-0.05, 0) is 49.2 Å². The van der Waals surface area contributed by atoms with Crippen molar-refractivity contribution < 1.29 is 19.7 Å².